The minimum Gasteiger partial charge on any atom is -0.497 e. The number of amides is 2. The molecule has 0 aromatic heterocycles. The first kappa shape index (κ1) is 24.3. The molecule has 35 heavy (non-hydrogen) atoms. The molecule has 0 aliphatic carbocycles. The Balaban J connectivity index is 1.58. The van der Waals surface area contributed by atoms with Gasteiger partial charge in [-0.3, -0.25) is 14.5 Å². The van der Waals surface area contributed by atoms with Crippen molar-refractivity contribution in [2.75, 3.05) is 23.1 Å². The van der Waals surface area contributed by atoms with E-state index in [1.54, 1.807) is 18.1 Å². The number of hydrogen-bond donors (Lipinski definition) is 1. The number of anilines is 2. The molecule has 0 radical (unpaired) electrons. The van der Waals surface area contributed by atoms with Gasteiger partial charge in [0.1, 0.15) is 11.4 Å². The lowest BCUT2D eigenvalue weighted by molar-refractivity contribution is -0.114. The topological polar surface area (TPSA) is 71.0 Å². The molecule has 0 unspecified atom stereocenters. The van der Waals surface area contributed by atoms with Crippen molar-refractivity contribution in [1.82, 2.24) is 0 Å². The SMILES string of the molecule is COc1ccc(/C=C2/N=C(SCC(=O)Nc3ccc(C)cc3C)N(c3ccccc3C)C2=O)cc1. The van der Waals surface area contributed by atoms with E-state index in [1.807, 2.05) is 87.5 Å². The third-order valence-corrected chi connectivity index (χ3v) is 6.53. The molecular formula is C28H27N3O3S. The lowest BCUT2D eigenvalue weighted by Crippen LogP contribution is -2.31. The molecule has 1 N–H and O–H groups in total. The molecule has 2 amide bonds. The highest BCUT2D eigenvalue weighted by Gasteiger charge is 2.33. The van der Waals surface area contributed by atoms with E-state index in [2.05, 4.69) is 10.3 Å². The van der Waals surface area contributed by atoms with Crippen LogP contribution in [0.2, 0.25) is 0 Å². The van der Waals surface area contributed by atoms with E-state index >= 15 is 0 Å². The van der Waals surface area contributed by atoms with Crippen LogP contribution in [-0.2, 0) is 9.59 Å². The smallest absolute Gasteiger partial charge is 0.283 e. The fourth-order valence-corrected chi connectivity index (χ4v) is 4.55. The monoisotopic (exact) mass is 485 g/mol. The number of amidine groups is 1. The Labute approximate surface area is 209 Å². The number of ether oxygens (including phenoxy) is 1. The number of benzene rings is 3. The molecule has 0 bridgehead atoms. The number of carbonyl (C=O) groups excluding carboxylic acids is 2. The average Bonchev–Trinajstić information content (AvgIpc) is 3.15. The maximum atomic E-state index is 13.4. The first-order chi connectivity index (χ1) is 16.9. The van der Waals surface area contributed by atoms with Crippen LogP contribution < -0.4 is 15.0 Å². The van der Waals surface area contributed by atoms with Gasteiger partial charge in [0.25, 0.3) is 5.91 Å². The third kappa shape index (κ3) is 5.63. The Kier molecular flexibility index (Phi) is 7.36. The second-order valence-corrected chi connectivity index (χ2v) is 9.22. The Morgan fingerprint density at radius 3 is 2.46 bits per heavy atom. The minimum absolute atomic E-state index is 0.123. The number of para-hydroxylation sites is 1. The van der Waals surface area contributed by atoms with Crippen LogP contribution in [0.5, 0.6) is 5.75 Å². The molecular weight excluding hydrogens is 458 g/mol. The Hall–Kier alpha value is -3.84. The Morgan fingerprint density at radius 1 is 1.03 bits per heavy atom. The summed E-state index contributed by atoms with van der Waals surface area (Å²) in [6, 6.07) is 20.9. The summed E-state index contributed by atoms with van der Waals surface area (Å²) in [4.78, 5) is 32.3. The number of hydrogen-bond acceptors (Lipinski definition) is 5. The zero-order chi connectivity index (χ0) is 24.9. The highest BCUT2D eigenvalue weighted by molar-refractivity contribution is 8.14. The van der Waals surface area contributed by atoms with Gasteiger partial charge in [-0.05, 0) is 67.8 Å². The quantitative estimate of drug-likeness (QED) is 0.452. The Bertz CT molecular complexity index is 1330. The Morgan fingerprint density at radius 2 is 1.77 bits per heavy atom. The third-order valence-electron chi connectivity index (χ3n) is 5.59. The molecule has 1 heterocycles. The molecule has 178 valence electrons. The van der Waals surface area contributed by atoms with E-state index in [0.29, 0.717) is 10.9 Å². The van der Waals surface area contributed by atoms with Crippen LogP contribution in [-0.4, -0.2) is 29.8 Å². The van der Waals surface area contributed by atoms with Crippen molar-refractivity contribution in [1.29, 1.82) is 0 Å². The van der Waals surface area contributed by atoms with Crippen LogP contribution in [0.1, 0.15) is 22.3 Å². The predicted octanol–water partition coefficient (Wildman–Crippen LogP) is 5.74. The molecule has 4 rings (SSSR count). The van der Waals surface area contributed by atoms with Crippen molar-refractivity contribution in [3.05, 3.63) is 94.7 Å². The van der Waals surface area contributed by atoms with E-state index in [4.69, 9.17) is 4.74 Å². The molecule has 0 atom stereocenters. The maximum absolute atomic E-state index is 13.4. The van der Waals surface area contributed by atoms with Crippen molar-refractivity contribution >= 4 is 46.2 Å². The van der Waals surface area contributed by atoms with Crippen LogP contribution in [0.4, 0.5) is 11.4 Å². The van der Waals surface area contributed by atoms with E-state index in [9.17, 15) is 9.59 Å². The van der Waals surface area contributed by atoms with Gasteiger partial charge in [-0.1, -0.05) is 59.8 Å². The van der Waals surface area contributed by atoms with Gasteiger partial charge in [0.05, 0.1) is 18.6 Å². The molecule has 0 saturated heterocycles. The fourth-order valence-electron chi connectivity index (χ4n) is 3.75. The summed E-state index contributed by atoms with van der Waals surface area (Å²) in [5, 5.41) is 3.43. The zero-order valence-electron chi connectivity index (χ0n) is 20.2. The molecule has 3 aromatic carbocycles. The van der Waals surface area contributed by atoms with Crippen molar-refractivity contribution in [2.45, 2.75) is 20.8 Å². The van der Waals surface area contributed by atoms with Crippen LogP contribution in [0.3, 0.4) is 0 Å². The number of nitrogens with one attached hydrogen (secondary N) is 1. The number of aliphatic imine (C=N–C) groups is 1. The number of rotatable bonds is 6. The molecule has 6 nitrogen and oxygen atoms in total. The number of aryl methyl sites for hydroxylation is 3. The van der Waals surface area contributed by atoms with Gasteiger partial charge in [-0.25, -0.2) is 4.99 Å². The van der Waals surface area contributed by atoms with Crippen molar-refractivity contribution in [3.8, 4) is 5.75 Å². The molecule has 7 heteroatoms. The van der Waals surface area contributed by atoms with E-state index in [1.165, 1.54) is 11.8 Å². The standard InChI is InChI=1S/C28H27N3O3S/c1-18-9-14-23(20(3)15-18)29-26(32)17-35-28-30-24(16-21-10-12-22(34-4)13-11-21)27(33)31(28)25-8-6-5-7-19(25)2/h5-16H,17H2,1-4H3,(H,29,32)/b24-16+. The number of carbonyl (C=O) groups is 2. The predicted molar refractivity (Wildman–Crippen MR) is 144 cm³/mol. The van der Waals surface area contributed by atoms with Gasteiger partial charge in [0.15, 0.2) is 5.17 Å². The van der Waals surface area contributed by atoms with Crippen LogP contribution >= 0.6 is 11.8 Å². The molecule has 0 saturated carbocycles. The normalized spacial score (nSPS) is 14.3. The van der Waals surface area contributed by atoms with E-state index in [-0.39, 0.29) is 17.6 Å². The summed E-state index contributed by atoms with van der Waals surface area (Å²) in [6.07, 6.45) is 1.75. The van der Waals surface area contributed by atoms with Gasteiger partial charge >= 0.3 is 0 Å². The van der Waals surface area contributed by atoms with Gasteiger partial charge in [-0.2, -0.15) is 0 Å². The highest BCUT2D eigenvalue weighted by Crippen LogP contribution is 2.31. The van der Waals surface area contributed by atoms with Crippen LogP contribution in [0, 0.1) is 20.8 Å². The molecule has 3 aromatic rings. The van der Waals surface area contributed by atoms with Gasteiger partial charge in [-0.15, -0.1) is 0 Å². The first-order valence-corrected chi connectivity index (χ1v) is 12.2. The van der Waals surface area contributed by atoms with Crippen LogP contribution in [0.25, 0.3) is 6.08 Å². The number of thioether (sulfide) groups is 1. The molecule has 0 spiro atoms. The number of nitrogens with zero attached hydrogens (tertiary/aromatic N) is 2. The summed E-state index contributed by atoms with van der Waals surface area (Å²) in [5.74, 6) is 0.472. The lowest BCUT2D eigenvalue weighted by atomic mass is 10.1. The van der Waals surface area contributed by atoms with Crippen molar-refractivity contribution < 1.29 is 14.3 Å². The van der Waals surface area contributed by atoms with Crippen LogP contribution in [0.15, 0.2) is 77.4 Å². The lowest BCUT2D eigenvalue weighted by Gasteiger charge is -2.19. The highest BCUT2D eigenvalue weighted by atomic mass is 32.2. The maximum Gasteiger partial charge on any atom is 0.283 e. The zero-order valence-corrected chi connectivity index (χ0v) is 21.0. The average molecular weight is 486 g/mol. The summed E-state index contributed by atoms with van der Waals surface area (Å²) >= 11 is 1.24. The molecule has 1 aliphatic rings. The fraction of sp³-hybridized carbons (Fsp3) is 0.179. The second kappa shape index (κ2) is 10.6. The largest absolute Gasteiger partial charge is 0.497 e. The summed E-state index contributed by atoms with van der Waals surface area (Å²) in [5.41, 5.74) is 5.76. The summed E-state index contributed by atoms with van der Waals surface area (Å²) in [7, 11) is 1.61. The van der Waals surface area contributed by atoms with E-state index < -0.39 is 0 Å². The summed E-state index contributed by atoms with van der Waals surface area (Å²) in [6.45, 7) is 5.93. The summed E-state index contributed by atoms with van der Waals surface area (Å²) < 4.78 is 5.21. The van der Waals surface area contributed by atoms with Gasteiger partial charge < -0.3 is 10.1 Å². The molecule has 1 aliphatic heterocycles. The van der Waals surface area contributed by atoms with E-state index in [0.717, 1.165) is 39.4 Å². The number of methoxy groups -OCH3 is 1. The second-order valence-electron chi connectivity index (χ2n) is 8.28. The van der Waals surface area contributed by atoms with Gasteiger partial charge in [0, 0.05) is 5.69 Å². The van der Waals surface area contributed by atoms with Crippen molar-refractivity contribution in [3.63, 3.8) is 0 Å². The minimum atomic E-state index is -0.229. The van der Waals surface area contributed by atoms with Crippen molar-refractivity contribution in [2.24, 2.45) is 4.99 Å². The first-order valence-electron chi connectivity index (χ1n) is 11.2. The van der Waals surface area contributed by atoms with Gasteiger partial charge in [0.2, 0.25) is 5.91 Å². The molecule has 0 fully saturated rings.